The van der Waals surface area contributed by atoms with Crippen molar-refractivity contribution >= 4 is 12.6 Å². The molecule has 0 bridgehead atoms. The fraction of sp³-hybridized carbons (Fsp3) is 0.143. The highest BCUT2D eigenvalue weighted by Gasteiger charge is 2.12. The molecule has 5 heteroatoms. The average Bonchev–Trinajstić information content (AvgIpc) is 2.40. The van der Waals surface area contributed by atoms with E-state index in [9.17, 15) is 10.2 Å². The Bertz CT molecular complexity index is 522. The Kier molecular flexibility index (Phi) is 4.22. The van der Waals surface area contributed by atoms with Crippen LogP contribution in [0.25, 0.3) is 0 Å². The van der Waals surface area contributed by atoms with Gasteiger partial charge in [0.25, 0.3) is 0 Å². The van der Waals surface area contributed by atoms with Crippen LogP contribution in [-0.2, 0) is 6.42 Å². The number of benzene rings is 2. The number of aliphatic hydroxyl groups is 1. The van der Waals surface area contributed by atoms with Gasteiger partial charge in [-0.15, -0.1) is 0 Å². The molecule has 0 aromatic heterocycles. The molecule has 4 nitrogen and oxygen atoms in total. The van der Waals surface area contributed by atoms with Gasteiger partial charge in [0.15, 0.2) is 0 Å². The summed E-state index contributed by atoms with van der Waals surface area (Å²) in [5, 5.41) is 37.2. The summed E-state index contributed by atoms with van der Waals surface area (Å²) >= 11 is 0. The summed E-state index contributed by atoms with van der Waals surface area (Å²) in [5.74, 6) is 0.164. The maximum Gasteiger partial charge on any atom is 0.488 e. The van der Waals surface area contributed by atoms with Crippen LogP contribution in [0.3, 0.4) is 0 Å². The molecule has 2 aromatic carbocycles. The number of phenols is 1. The minimum atomic E-state index is -1.48. The molecular weight excluding hydrogens is 243 g/mol. The summed E-state index contributed by atoms with van der Waals surface area (Å²) in [5.41, 5.74) is 2.04. The summed E-state index contributed by atoms with van der Waals surface area (Å²) in [6.45, 7) is 0. The highest BCUT2D eigenvalue weighted by Crippen LogP contribution is 2.20. The van der Waals surface area contributed by atoms with Crippen molar-refractivity contribution < 1.29 is 20.3 Å². The largest absolute Gasteiger partial charge is 0.508 e. The summed E-state index contributed by atoms with van der Waals surface area (Å²) < 4.78 is 0. The third-order valence-corrected chi connectivity index (χ3v) is 2.98. The van der Waals surface area contributed by atoms with Crippen molar-refractivity contribution in [3.05, 3.63) is 59.7 Å². The third kappa shape index (κ3) is 3.57. The minimum absolute atomic E-state index is 0.164. The number of rotatable bonds is 4. The first-order valence-electron chi connectivity index (χ1n) is 5.98. The zero-order valence-corrected chi connectivity index (χ0v) is 10.3. The summed E-state index contributed by atoms with van der Waals surface area (Å²) in [6.07, 6.45) is -0.238. The molecule has 0 fully saturated rings. The first kappa shape index (κ1) is 13.6. The van der Waals surface area contributed by atoms with E-state index in [1.54, 1.807) is 36.4 Å². The summed E-state index contributed by atoms with van der Waals surface area (Å²) in [6, 6.07) is 13.1. The number of aliphatic hydroxyl groups excluding tert-OH is 1. The van der Waals surface area contributed by atoms with Gasteiger partial charge in [-0.3, -0.25) is 0 Å². The SMILES string of the molecule is OB(O)c1ccc(CC(O)c2ccc(O)cc2)cc1. The molecule has 1 atom stereocenters. The van der Waals surface area contributed by atoms with E-state index in [4.69, 9.17) is 10.0 Å². The van der Waals surface area contributed by atoms with Crippen molar-refractivity contribution in [2.75, 3.05) is 0 Å². The summed E-state index contributed by atoms with van der Waals surface area (Å²) in [4.78, 5) is 0. The van der Waals surface area contributed by atoms with Crippen LogP contribution in [0.15, 0.2) is 48.5 Å². The zero-order valence-electron chi connectivity index (χ0n) is 10.3. The van der Waals surface area contributed by atoms with Gasteiger partial charge in [-0.1, -0.05) is 36.4 Å². The van der Waals surface area contributed by atoms with Crippen molar-refractivity contribution in [3.63, 3.8) is 0 Å². The van der Waals surface area contributed by atoms with Gasteiger partial charge in [-0.05, 0) is 28.7 Å². The topological polar surface area (TPSA) is 80.9 Å². The predicted octanol–water partition coefficient (Wildman–Crippen LogP) is 0.348. The molecule has 2 aromatic rings. The van der Waals surface area contributed by atoms with Crippen molar-refractivity contribution in [2.24, 2.45) is 0 Å². The van der Waals surface area contributed by atoms with Gasteiger partial charge >= 0.3 is 7.12 Å². The molecular formula is C14H15BO4. The molecule has 0 saturated heterocycles. The van der Waals surface area contributed by atoms with E-state index in [2.05, 4.69) is 0 Å². The minimum Gasteiger partial charge on any atom is -0.508 e. The summed E-state index contributed by atoms with van der Waals surface area (Å²) in [7, 11) is -1.48. The van der Waals surface area contributed by atoms with Crippen LogP contribution < -0.4 is 5.46 Å². The lowest BCUT2D eigenvalue weighted by Crippen LogP contribution is -2.29. The van der Waals surface area contributed by atoms with Crippen LogP contribution >= 0.6 is 0 Å². The fourth-order valence-electron chi connectivity index (χ4n) is 1.86. The van der Waals surface area contributed by atoms with Gasteiger partial charge in [0, 0.05) is 6.42 Å². The van der Waals surface area contributed by atoms with Crippen LogP contribution in [0.4, 0.5) is 0 Å². The van der Waals surface area contributed by atoms with Crippen LogP contribution in [0, 0.1) is 0 Å². The van der Waals surface area contributed by atoms with Crippen molar-refractivity contribution in [1.82, 2.24) is 0 Å². The Morgan fingerprint density at radius 1 is 0.895 bits per heavy atom. The number of phenolic OH excluding ortho intramolecular Hbond substituents is 1. The Labute approximate surface area is 111 Å². The van der Waals surface area contributed by atoms with Gasteiger partial charge < -0.3 is 20.3 Å². The maximum absolute atomic E-state index is 10.1. The zero-order chi connectivity index (χ0) is 13.8. The van der Waals surface area contributed by atoms with Crippen molar-refractivity contribution in [2.45, 2.75) is 12.5 Å². The molecule has 1 unspecified atom stereocenters. The molecule has 2 rings (SSSR count). The Morgan fingerprint density at radius 3 is 2.00 bits per heavy atom. The second kappa shape index (κ2) is 5.88. The van der Waals surface area contributed by atoms with E-state index in [-0.39, 0.29) is 5.75 Å². The highest BCUT2D eigenvalue weighted by molar-refractivity contribution is 6.58. The lowest BCUT2D eigenvalue weighted by atomic mass is 9.80. The Hall–Kier alpha value is -1.82. The van der Waals surface area contributed by atoms with Gasteiger partial charge in [-0.2, -0.15) is 0 Å². The van der Waals surface area contributed by atoms with Crippen LogP contribution in [0.5, 0.6) is 5.75 Å². The van der Waals surface area contributed by atoms with Gasteiger partial charge in [0.2, 0.25) is 0 Å². The van der Waals surface area contributed by atoms with E-state index in [1.807, 2.05) is 0 Å². The molecule has 98 valence electrons. The van der Waals surface area contributed by atoms with Crippen LogP contribution in [0.1, 0.15) is 17.2 Å². The molecule has 0 heterocycles. The third-order valence-electron chi connectivity index (χ3n) is 2.98. The second-order valence-electron chi connectivity index (χ2n) is 4.43. The van der Waals surface area contributed by atoms with Gasteiger partial charge in [0.1, 0.15) is 5.75 Å². The normalized spacial score (nSPS) is 12.2. The molecule has 0 radical (unpaired) electrons. The average molecular weight is 258 g/mol. The fourth-order valence-corrected chi connectivity index (χ4v) is 1.86. The molecule has 0 spiro atoms. The lowest BCUT2D eigenvalue weighted by Gasteiger charge is -2.11. The van der Waals surface area contributed by atoms with Crippen molar-refractivity contribution in [3.8, 4) is 5.75 Å². The molecule has 0 aliphatic carbocycles. The quantitative estimate of drug-likeness (QED) is 0.596. The van der Waals surface area contributed by atoms with Gasteiger partial charge in [0.05, 0.1) is 6.10 Å². The Balaban J connectivity index is 2.06. The van der Waals surface area contributed by atoms with E-state index in [0.717, 1.165) is 11.1 Å². The molecule has 0 aliphatic heterocycles. The number of aromatic hydroxyl groups is 1. The van der Waals surface area contributed by atoms with Gasteiger partial charge in [-0.25, -0.2) is 0 Å². The lowest BCUT2D eigenvalue weighted by molar-refractivity contribution is 0.178. The molecule has 0 amide bonds. The highest BCUT2D eigenvalue weighted by atomic mass is 16.4. The number of hydrogen-bond acceptors (Lipinski definition) is 4. The first-order chi connectivity index (χ1) is 9.06. The maximum atomic E-state index is 10.1. The molecule has 0 saturated carbocycles. The van der Waals surface area contributed by atoms with Crippen LogP contribution in [-0.4, -0.2) is 27.4 Å². The van der Waals surface area contributed by atoms with E-state index in [0.29, 0.717) is 11.9 Å². The Morgan fingerprint density at radius 2 is 1.47 bits per heavy atom. The molecule has 19 heavy (non-hydrogen) atoms. The number of hydrogen-bond donors (Lipinski definition) is 4. The first-order valence-corrected chi connectivity index (χ1v) is 5.98. The van der Waals surface area contributed by atoms with E-state index in [1.165, 1.54) is 12.1 Å². The monoisotopic (exact) mass is 258 g/mol. The van der Waals surface area contributed by atoms with Crippen LogP contribution in [0.2, 0.25) is 0 Å². The van der Waals surface area contributed by atoms with E-state index < -0.39 is 13.2 Å². The molecule has 4 N–H and O–H groups in total. The van der Waals surface area contributed by atoms with E-state index >= 15 is 0 Å². The smallest absolute Gasteiger partial charge is 0.488 e. The van der Waals surface area contributed by atoms with Crippen molar-refractivity contribution in [1.29, 1.82) is 0 Å². The predicted molar refractivity (Wildman–Crippen MR) is 73.0 cm³/mol. The molecule has 0 aliphatic rings. The second-order valence-corrected chi connectivity index (χ2v) is 4.43. The standard InChI is InChI=1S/C14H15BO4/c16-13-7-3-11(4-8-13)14(17)9-10-1-5-12(6-2-10)15(18)19/h1-8,14,16-19H,9H2.